The molecule has 0 unspecified atom stereocenters. The molecule has 0 saturated carbocycles. The molecule has 1 aliphatic heterocycles. The van der Waals surface area contributed by atoms with Crippen LogP contribution in [0.2, 0.25) is 5.02 Å². The van der Waals surface area contributed by atoms with Gasteiger partial charge in [-0.2, -0.15) is 0 Å². The van der Waals surface area contributed by atoms with E-state index in [4.69, 9.17) is 16.3 Å². The molecule has 0 aliphatic carbocycles. The summed E-state index contributed by atoms with van der Waals surface area (Å²) in [5.74, 6) is 0.238. The van der Waals surface area contributed by atoms with Gasteiger partial charge in [0.15, 0.2) is 0 Å². The third kappa shape index (κ3) is 2.79. The molecule has 0 radical (unpaired) electrons. The fraction of sp³-hybridized carbons (Fsp3) is 0.188. The lowest BCUT2D eigenvalue weighted by Crippen LogP contribution is -2.09. The Bertz CT molecular complexity index is 764. The summed E-state index contributed by atoms with van der Waals surface area (Å²) in [5, 5.41) is 3.86. The van der Waals surface area contributed by atoms with Gasteiger partial charge in [-0.1, -0.05) is 11.6 Å². The van der Waals surface area contributed by atoms with Crippen molar-refractivity contribution < 1.29 is 9.13 Å². The lowest BCUT2D eigenvalue weighted by Gasteiger charge is -2.14. The predicted octanol–water partition coefficient (Wildman–Crippen LogP) is 4.36. The third-order valence-electron chi connectivity index (χ3n) is 3.46. The summed E-state index contributed by atoms with van der Waals surface area (Å²) in [4.78, 5) is 4.54. The molecule has 1 heterocycles. The third-order valence-corrected chi connectivity index (χ3v) is 5.07. The van der Waals surface area contributed by atoms with Crippen LogP contribution in [-0.2, 0) is 0 Å². The number of hydrogen-bond donors (Lipinski definition) is 1. The summed E-state index contributed by atoms with van der Waals surface area (Å²) >= 11 is 8.63. The van der Waals surface area contributed by atoms with Crippen molar-refractivity contribution in [1.82, 2.24) is 0 Å². The van der Waals surface area contributed by atoms with E-state index < -0.39 is 0 Å². The van der Waals surface area contributed by atoms with Gasteiger partial charge in [0, 0.05) is 26.9 Å². The maximum absolute atomic E-state index is 14.3. The Labute approximate surface area is 146 Å². The molecule has 1 aliphatic rings. The standard InChI is InChI=1S/C16H13ClFIN2O/c1-22-9-2-3-11(18)10(8-9)16-14-13(20-6-7-21-16)5-4-12(19)15(14)17/h2-5,8,20H,6-7H2,1H3. The van der Waals surface area contributed by atoms with Crippen molar-refractivity contribution in [2.24, 2.45) is 4.99 Å². The van der Waals surface area contributed by atoms with E-state index in [1.165, 1.54) is 6.07 Å². The average molecular weight is 431 g/mol. The van der Waals surface area contributed by atoms with Crippen LogP contribution in [0.5, 0.6) is 5.75 Å². The molecule has 3 nitrogen and oxygen atoms in total. The van der Waals surface area contributed by atoms with Gasteiger partial charge in [0.2, 0.25) is 0 Å². The van der Waals surface area contributed by atoms with E-state index in [0.29, 0.717) is 35.1 Å². The Morgan fingerprint density at radius 1 is 1.32 bits per heavy atom. The van der Waals surface area contributed by atoms with E-state index in [2.05, 4.69) is 32.9 Å². The quantitative estimate of drug-likeness (QED) is 0.719. The molecule has 114 valence electrons. The number of ether oxygens (including phenoxy) is 1. The SMILES string of the molecule is COc1ccc(F)c(C2=NCCNc3ccc(I)c(Cl)c32)c1. The zero-order valence-electron chi connectivity index (χ0n) is 11.8. The van der Waals surface area contributed by atoms with E-state index >= 15 is 0 Å². The molecule has 0 aromatic heterocycles. The molecule has 0 bridgehead atoms. The summed E-state index contributed by atoms with van der Waals surface area (Å²) in [6.45, 7) is 1.23. The first-order valence-electron chi connectivity index (χ1n) is 6.72. The van der Waals surface area contributed by atoms with Crippen molar-refractivity contribution in [2.75, 3.05) is 25.5 Å². The second kappa shape index (κ2) is 6.42. The van der Waals surface area contributed by atoms with Gasteiger partial charge in [0.25, 0.3) is 0 Å². The summed E-state index contributed by atoms with van der Waals surface area (Å²) in [6.07, 6.45) is 0. The Morgan fingerprint density at radius 2 is 2.14 bits per heavy atom. The smallest absolute Gasteiger partial charge is 0.132 e. The van der Waals surface area contributed by atoms with Gasteiger partial charge in [-0.3, -0.25) is 4.99 Å². The van der Waals surface area contributed by atoms with Crippen molar-refractivity contribution >= 4 is 45.6 Å². The Hall–Kier alpha value is -1.34. The first-order valence-corrected chi connectivity index (χ1v) is 8.18. The van der Waals surface area contributed by atoms with E-state index in [9.17, 15) is 4.39 Å². The Morgan fingerprint density at radius 3 is 2.91 bits per heavy atom. The van der Waals surface area contributed by atoms with E-state index in [0.717, 1.165) is 14.8 Å². The number of rotatable bonds is 2. The highest BCUT2D eigenvalue weighted by atomic mass is 127. The van der Waals surface area contributed by atoms with E-state index in [1.54, 1.807) is 19.2 Å². The highest BCUT2D eigenvalue weighted by Crippen LogP contribution is 2.34. The molecule has 0 saturated heterocycles. The maximum atomic E-state index is 14.3. The number of halogens is 3. The molecule has 6 heteroatoms. The minimum Gasteiger partial charge on any atom is -0.497 e. The first-order chi connectivity index (χ1) is 10.6. The largest absolute Gasteiger partial charge is 0.497 e. The summed E-state index contributed by atoms with van der Waals surface area (Å²) in [5.41, 5.74) is 2.55. The molecule has 0 fully saturated rings. The molecule has 0 amide bonds. The van der Waals surface area contributed by atoms with Crippen LogP contribution < -0.4 is 10.1 Å². The molecule has 0 spiro atoms. The van der Waals surface area contributed by atoms with Crippen LogP contribution in [-0.4, -0.2) is 25.9 Å². The monoisotopic (exact) mass is 430 g/mol. The number of methoxy groups -OCH3 is 1. The predicted molar refractivity (Wildman–Crippen MR) is 96.1 cm³/mol. The van der Waals surface area contributed by atoms with Crippen LogP contribution in [0.3, 0.4) is 0 Å². The topological polar surface area (TPSA) is 33.6 Å². The molecular weight excluding hydrogens is 418 g/mol. The van der Waals surface area contributed by atoms with Crippen molar-refractivity contribution in [3.8, 4) is 5.75 Å². The van der Waals surface area contributed by atoms with Gasteiger partial charge in [-0.15, -0.1) is 0 Å². The Balaban J connectivity index is 2.25. The second-order valence-corrected chi connectivity index (χ2v) is 6.33. The van der Waals surface area contributed by atoms with E-state index in [-0.39, 0.29) is 5.82 Å². The molecule has 2 aromatic carbocycles. The zero-order chi connectivity index (χ0) is 15.7. The first kappa shape index (κ1) is 15.6. The number of fused-ring (bicyclic) bond motifs is 1. The maximum Gasteiger partial charge on any atom is 0.132 e. The van der Waals surface area contributed by atoms with Gasteiger partial charge in [-0.25, -0.2) is 4.39 Å². The van der Waals surface area contributed by atoms with E-state index in [1.807, 2.05) is 12.1 Å². The summed E-state index contributed by atoms with van der Waals surface area (Å²) < 4.78 is 20.5. The fourth-order valence-electron chi connectivity index (χ4n) is 2.40. The second-order valence-electron chi connectivity index (χ2n) is 4.79. The number of hydrogen-bond acceptors (Lipinski definition) is 3. The van der Waals surface area contributed by atoms with Crippen LogP contribution in [0, 0.1) is 9.39 Å². The molecule has 0 atom stereocenters. The number of anilines is 1. The van der Waals surface area contributed by atoms with Gasteiger partial charge in [-0.05, 0) is 52.9 Å². The zero-order valence-corrected chi connectivity index (χ0v) is 14.7. The van der Waals surface area contributed by atoms with Crippen LogP contribution in [0.4, 0.5) is 10.1 Å². The number of nitrogens with zero attached hydrogens (tertiary/aromatic N) is 1. The van der Waals surface area contributed by atoms with Crippen molar-refractivity contribution in [1.29, 1.82) is 0 Å². The highest BCUT2D eigenvalue weighted by molar-refractivity contribution is 14.1. The number of aliphatic imine (C=N–C) groups is 1. The average Bonchev–Trinajstić information content (AvgIpc) is 2.74. The van der Waals surface area contributed by atoms with Gasteiger partial charge in [0.05, 0.1) is 24.4 Å². The molecular formula is C16H13ClFIN2O. The number of benzodiazepines with no additional fused rings is 1. The number of benzene rings is 2. The molecule has 2 aromatic rings. The van der Waals surface area contributed by atoms with Crippen LogP contribution in [0.1, 0.15) is 11.1 Å². The van der Waals surface area contributed by atoms with Crippen molar-refractivity contribution in [3.63, 3.8) is 0 Å². The van der Waals surface area contributed by atoms with Crippen LogP contribution >= 0.6 is 34.2 Å². The minimum absolute atomic E-state index is 0.345. The summed E-state index contributed by atoms with van der Waals surface area (Å²) in [7, 11) is 1.55. The van der Waals surface area contributed by atoms with Crippen molar-refractivity contribution in [3.05, 3.63) is 55.9 Å². The lowest BCUT2D eigenvalue weighted by atomic mass is 9.99. The van der Waals surface area contributed by atoms with Crippen LogP contribution in [0.25, 0.3) is 0 Å². The van der Waals surface area contributed by atoms with Gasteiger partial charge in [0.1, 0.15) is 11.6 Å². The van der Waals surface area contributed by atoms with Gasteiger partial charge < -0.3 is 10.1 Å². The fourth-order valence-corrected chi connectivity index (χ4v) is 3.10. The number of nitrogens with one attached hydrogen (secondary N) is 1. The van der Waals surface area contributed by atoms with Crippen molar-refractivity contribution in [2.45, 2.75) is 0 Å². The normalized spacial score (nSPS) is 13.7. The Kier molecular flexibility index (Phi) is 4.54. The molecule has 1 N–H and O–H groups in total. The lowest BCUT2D eigenvalue weighted by molar-refractivity contribution is 0.413. The van der Waals surface area contributed by atoms with Crippen LogP contribution in [0.15, 0.2) is 35.3 Å². The highest BCUT2D eigenvalue weighted by Gasteiger charge is 2.22. The minimum atomic E-state index is -0.345. The molecule has 22 heavy (non-hydrogen) atoms. The summed E-state index contributed by atoms with van der Waals surface area (Å²) in [6, 6.07) is 8.50. The van der Waals surface area contributed by atoms with Gasteiger partial charge >= 0.3 is 0 Å². The molecule has 3 rings (SSSR count).